The Bertz CT molecular complexity index is 633. The number of aromatic nitrogens is 2. The second kappa shape index (κ2) is 5.36. The Morgan fingerprint density at radius 2 is 2.35 bits per heavy atom. The largest absolute Gasteiger partial charge is 0.385 e. The highest BCUT2D eigenvalue weighted by Gasteiger charge is 2.17. The van der Waals surface area contributed by atoms with E-state index in [1.165, 1.54) is 0 Å². The maximum absolute atomic E-state index is 12.4. The Morgan fingerprint density at radius 1 is 1.45 bits per heavy atom. The van der Waals surface area contributed by atoms with Crippen molar-refractivity contribution in [3.63, 3.8) is 0 Å². The van der Waals surface area contributed by atoms with Crippen LogP contribution in [-0.4, -0.2) is 22.2 Å². The van der Waals surface area contributed by atoms with Crippen LogP contribution in [0.2, 0.25) is 0 Å². The number of aryl methyl sites for hydroxylation is 1. The number of anilines is 1. The molecule has 3 rings (SSSR count). The molecule has 1 aromatic carbocycles. The van der Waals surface area contributed by atoms with Gasteiger partial charge in [-0.05, 0) is 36.6 Å². The second-order valence-electron chi connectivity index (χ2n) is 4.99. The van der Waals surface area contributed by atoms with Crippen molar-refractivity contribution in [1.29, 1.82) is 0 Å². The minimum atomic E-state index is -0.0215. The number of carbonyl (C=O) groups excluding carboxylic acids is 1. The summed E-state index contributed by atoms with van der Waals surface area (Å²) in [6.45, 7) is 1.47. The fourth-order valence-corrected chi connectivity index (χ4v) is 2.56. The third-order valence-electron chi connectivity index (χ3n) is 3.69. The van der Waals surface area contributed by atoms with Gasteiger partial charge >= 0.3 is 0 Å². The van der Waals surface area contributed by atoms with E-state index in [0.29, 0.717) is 6.54 Å². The van der Waals surface area contributed by atoms with Gasteiger partial charge in [0.25, 0.3) is 5.91 Å². The zero-order valence-corrected chi connectivity index (χ0v) is 11.5. The molecule has 20 heavy (non-hydrogen) atoms. The molecule has 1 aliphatic heterocycles. The fraction of sp³-hybridized carbons (Fsp3) is 0.333. The highest BCUT2D eigenvalue weighted by atomic mass is 16.1. The lowest BCUT2D eigenvalue weighted by Crippen LogP contribution is -2.26. The number of amides is 1. The molecule has 0 atom stereocenters. The molecular formula is C15H18N4O. The van der Waals surface area contributed by atoms with Gasteiger partial charge in [-0.2, -0.15) is 5.10 Å². The summed E-state index contributed by atoms with van der Waals surface area (Å²) < 4.78 is 1.77. The van der Waals surface area contributed by atoms with Crippen LogP contribution in [0.15, 0.2) is 30.5 Å². The van der Waals surface area contributed by atoms with Crippen LogP contribution in [0.5, 0.6) is 0 Å². The van der Waals surface area contributed by atoms with Gasteiger partial charge in [0.05, 0.1) is 12.2 Å². The molecule has 1 aliphatic rings. The highest BCUT2D eigenvalue weighted by molar-refractivity contribution is 5.97. The van der Waals surface area contributed by atoms with E-state index in [9.17, 15) is 4.79 Å². The molecule has 2 N–H and O–H groups in total. The smallest absolute Gasteiger partial charge is 0.251 e. The normalized spacial score (nSPS) is 13.4. The van der Waals surface area contributed by atoms with Gasteiger partial charge in [0, 0.05) is 31.0 Å². The molecule has 5 heteroatoms. The number of nitrogens with one attached hydrogen (secondary N) is 2. The first-order chi connectivity index (χ1) is 9.75. The van der Waals surface area contributed by atoms with Crippen LogP contribution in [0.4, 0.5) is 5.69 Å². The fourth-order valence-electron chi connectivity index (χ4n) is 2.56. The van der Waals surface area contributed by atoms with Crippen molar-refractivity contribution >= 4 is 11.6 Å². The Morgan fingerprint density at radius 3 is 3.15 bits per heavy atom. The molecule has 5 nitrogen and oxygen atoms in total. The molecule has 0 radical (unpaired) electrons. The van der Waals surface area contributed by atoms with Gasteiger partial charge in [-0.1, -0.05) is 6.07 Å². The minimum absolute atomic E-state index is 0.0215. The first-order valence-electron chi connectivity index (χ1n) is 6.86. The molecule has 0 saturated carbocycles. The third kappa shape index (κ3) is 2.39. The molecular weight excluding hydrogens is 252 g/mol. The van der Waals surface area contributed by atoms with Crippen LogP contribution in [0.25, 0.3) is 0 Å². The summed E-state index contributed by atoms with van der Waals surface area (Å²) in [5.41, 5.74) is 3.98. The van der Waals surface area contributed by atoms with Crippen LogP contribution in [0, 0.1) is 0 Å². The van der Waals surface area contributed by atoms with Gasteiger partial charge in [0.1, 0.15) is 0 Å². The number of benzene rings is 1. The predicted molar refractivity (Wildman–Crippen MR) is 77.6 cm³/mol. The number of carbonyl (C=O) groups is 1. The van der Waals surface area contributed by atoms with Crippen molar-refractivity contribution in [2.24, 2.45) is 7.05 Å². The van der Waals surface area contributed by atoms with E-state index in [1.807, 2.05) is 31.3 Å². The number of hydrogen-bond acceptors (Lipinski definition) is 3. The summed E-state index contributed by atoms with van der Waals surface area (Å²) in [6.07, 6.45) is 3.76. The standard InChI is InChI=1S/C15H18N4O/c1-19-11(7-9-18-19)10-17-15(20)13-4-2-6-14-12(13)5-3-8-16-14/h2,4,6-7,9,16H,3,5,8,10H2,1H3,(H,17,20). The Labute approximate surface area is 118 Å². The molecule has 0 spiro atoms. The molecule has 0 bridgehead atoms. The molecule has 0 fully saturated rings. The SMILES string of the molecule is Cn1nccc1CNC(=O)c1cccc2c1CCCN2. The first kappa shape index (κ1) is 12.7. The van der Waals surface area contributed by atoms with Crippen LogP contribution in [-0.2, 0) is 20.0 Å². The zero-order chi connectivity index (χ0) is 13.9. The van der Waals surface area contributed by atoms with Gasteiger partial charge in [0.2, 0.25) is 0 Å². The van der Waals surface area contributed by atoms with Crippen molar-refractivity contribution in [3.8, 4) is 0 Å². The van der Waals surface area contributed by atoms with E-state index in [0.717, 1.165) is 41.9 Å². The lowest BCUT2D eigenvalue weighted by atomic mass is 9.97. The van der Waals surface area contributed by atoms with Gasteiger partial charge in [-0.25, -0.2) is 0 Å². The second-order valence-corrected chi connectivity index (χ2v) is 4.99. The molecule has 0 aliphatic carbocycles. The molecule has 0 unspecified atom stereocenters. The molecule has 2 aromatic rings. The van der Waals surface area contributed by atoms with Crippen molar-refractivity contribution in [2.75, 3.05) is 11.9 Å². The Kier molecular flexibility index (Phi) is 3.41. The lowest BCUT2D eigenvalue weighted by Gasteiger charge is -2.20. The van der Waals surface area contributed by atoms with Crippen LogP contribution in [0.3, 0.4) is 0 Å². The Hall–Kier alpha value is -2.30. The quantitative estimate of drug-likeness (QED) is 0.892. The molecule has 0 saturated heterocycles. The van der Waals surface area contributed by atoms with E-state index < -0.39 is 0 Å². The average Bonchev–Trinajstić information content (AvgIpc) is 2.89. The number of nitrogens with zero attached hydrogens (tertiary/aromatic N) is 2. The summed E-state index contributed by atoms with van der Waals surface area (Å²) in [5.74, 6) is -0.0215. The lowest BCUT2D eigenvalue weighted by molar-refractivity contribution is 0.0949. The average molecular weight is 270 g/mol. The van der Waals surface area contributed by atoms with E-state index in [4.69, 9.17) is 0 Å². The molecule has 1 amide bonds. The van der Waals surface area contributed by atoms with Gasteiger partial charge in [-0.15, -0.1) is 0 Å². The Balaban J connectivity index is 1.76. The summed E-state index contributed by atoms with van der Waals surface area (Å²) >= 11 is 0. The molecule has 1 aromatic heterocycles. The van der Waals surface area contributed by atoms with Crippen LogP contribution in [0.1, 0.15) is 28.0 Å². The topological polar surface area (TPSA) is 59.0 Å². The minimum Gasteiger partial charge on any atom is -0.385 e. The number of fused-ring (bicyclic) bond motifs is 1. The van der Waals surface area contributed by atoms with Gasteiger partial charge < -0.3 is 10.6 Å². The summed E-state index contributed by atoms with van der Waals surface area (Å²) in [6, 6.07) is 7.76. The first-order valence-corrected chi connectivity index (χ1v) is 6.86. The van der Waals surface area contributed by atoms with Gasteiger partial charge in [0.15, 0.2) is 0 Å². The van der Waals surface area contributed by atoms with E-state index in [1.54, 1.807) is 10.9 Å². The van der Waals surface area contributed by atoms with E-state index in [2.05, 4.69) is 15.7 Å². The molecule has 2 heterocycles. The third-order valence-corrected chi connectivity index (χ3v) is 3.69. The van der Waals surface area contributed by atoms with Crippen LogP contribution >= 0.6 is 0 Å². The predicted octanol–water partition coefficient (Wildman–Crippen LogP) is 1.71. The summed E-state index contributed by atoms with van der Waals surface area (Å²) in [7, 11) is 1.87. The van der Waals surface area contributed by atoms with Crippen molar-refractivity contribution in [2.45, 2.75) is 19.4 Å². The zero-order valence-electron chi connectivity index (χ0n) is 11.5. The summed E-state index contributed by atoms with van der Waals surface area (Å²) in [5, 5.41) is 10.4. The molecule has 104 valence electrons. The van der Waals surface area contributed by atoms with E-state index in [-0.39, 0.29) is 5.91 Å². The number of rotatable bonds is 3. The van der Waals surface area contributed by atoms with Gasteiger partial charge in [-0.3, -0.25) is 9.48 Å². The monoisotopic (exact) mass is 270 g/mol. The van der Waals surface area contributed by atoms with E-state index >= 15 is 0 Å². The maximum Gasteiger partial charge on any atom is 0.251 e. The van der Waals surface area contributed by atoms with Crippen molar-refractivity contribution < 1.29 is 4.79 Å². The van der Waals surface area contributed by atoms with Crippen molar-refractivity contribution in [1.82, 2.24) is 15.1 Å². The number of hydrogen-bond donors (Lipinski definition) is 2. The highest BCUT2D eigenvalue weighted by Crippen LogP contribution is 2.25. The van der Waals surface area contributed by atoms with Crippen LogP contribution < -0.4 is 10.6 Å². The summed E-state index contributed by atoms with van der Waals surface area (Å²) in [4.78, 5) is 12.4. The van der Waals surface area contributed by atoms with Crippen molar-refractivity contribution in [3.05, 3.63) is 47.3 Å². The maximum atomic E-state index is 12.4.